The average Bonchev–Trinajstić information content (AvgIpc) is 2.65. The monoisotopic (exact) mass is 425 g/mol. The highest BCUT2D eigenvalue weighted by Crippen LogP contribution is 2.17. The predicted molar refractivity (Wildman–Crippen MR) is 102 cm³/mol. The first kappa shape index (κ1) is 22.4. The Hall–Kier alpha value is -2.92. The molecule has 1 aliphatic rings. The van der Waals surface area contributed by atoms with Crippen LogP contribution in [0.5, 0.6) is 0 Å². The van der Waals surface area contributed by atoms with Crippen molar-refractivity contribution in [1.29, 1.82) is 0 Å². The summed E-state index contributed by atoms with van der Waals surface area (Å²) in [5.41, 5.74) is 0.257. The Kier molecular flexibility index (Phi) is 6.98. The van der Waals surface area contributed by atoms with E-state index in [9.17, 15) is 22.8 Å². The molecule has 1 atom stereocenters. The van der Waals surface area contributed by atoms with Crippen LogP contribution < -0.4 is 10.6 Å². The van der Waals surface area contributed by atoms with E-state index < -0.39 is 40.6 Å². The fourth-order valence-corrected chi connectivity index (χ4v) is 3.56. The van der Waals surface area contributed by atoms with Gasteiger partial charge in [0.2, 0.25) is 10.0 Å². The number of carbonyl (C=O) groups is 3. The standard InChI is InChI=1S/C18H23N3O7S/c1-5-27-17(23)15-11(2)19-18(24)20-14(15)10-28-16(22)12-7-6-8-13(9-12)29(25,26)21(3)4/h6-9,11H,5,10H2,1-4H3,(H2,19,20,24)/t11-/m0/s1. The Labute approximate surface area is 168 Å². The predicted octanol–water partition coefficient (Wildman–Crippen LogP) is 0.612. The molecule has 0 bridgehead atoms. The number of nitrogens with one attached hydrogen (secondary N) is 2. The van der Waals surface area contributed by atoms with E-state index in [0.717, 1.165) is 4.31 Å². The first-order valence-electron chi connectivity index (χ1n) is 8.75. The van der Waals surface area contributed by atoms with E-state index in [1.165, 1.54) is 38.4 Å². The zero-order chi connectivity index (χ0) is 21.8. The normalized spacial score (nSPS) is 16.9. The number of ether oxygens (including phenoxy) is 2. The van der Waals surface area contributed by atoms with E-state index in [-0.39, 0.29) is 28.3 Å². The number of amides is 2. The van der Waals surface area contributed by atoms with Gasteiger partial charge >= 0.3 is 18.0 Å². The third-order valence-corrected chi connectivity index (χ3v) is 5.87. The van der Waals surface area contributed by atoms with E-state index in [1.54, 1.807) is 13.8 Å². The number of hydrogen-bond acceptors (Lipinski definition) is 7. The maximum Gasteiger partial charge on any atom is 0.338 e. The second kappa shape index (κ2) is 9.05. The molecule has 1 aromatic rings. The second-order valence-corrected chi connectivity index (χ2v) is 8.48. The lowest BCUT2D eigenvalue weighted by Crippen LogP contribution is -2.50. The SMILES string of the molecule is CCOC(=O)C1=C(COC(=O)c2cccc(S(=O)(=O)N(C)C)c2)NC(=O)N[C@H]1C. The Bertz CT molecular complexity index is 954. The highest BCUT2D eigenvalue weighted by Gasteiger charge is 2.30. The summed E-state index contributed by atoms with van der Waals surface area (Å²) in [4.78, 5) is 36.2. The molecule has 158 valence electrons. The third-order valence-electron chi connectivity index (χ3n) is 4.06. The average molecular weight is 425 g/mol. The van der Waals surface area contributed by atoms with Crippen molar-refractivity contribution in [1.82, 2.24) is 14.9 Å². The highest BCUT2D eigenvalue weighted by atomic mass is 32.2. The largest absolute Gasteiger partial charge is 0.463 e. The summed E-state index contributed by atoms with van der Waals surface area (Å²) in [6.07, 6.45) is 0. The Morgan fingerprint density at radius 1 is 1.17 bits per heavy atom. The van der Waals surface area contributed by atoms with Crippen molar-refractivity contribution in [3.05, 3.63) is 41.1 Å². The molecule has 0 aromatic heterocycles. The number of esters is 2. The van der Waals surface area contributed by atoms with Crippen molar-refractivity contribution >= 4 is 28.0 Å². The lowest BCUT2D eigenvalue weighted by Gasteiger charge is -2.26. The molecule has 0 fully saturated rings. The van der Waals surface area contributed by atoms with Gasteiger partial charge in [-0.05, 0) is 32.0 Å². The van der Waals surface area contributed by atoms with Crippen LogP contribution in [0.25, 0.3) is 0 Å². The van der Waals surface area contributed by atoms with E-state index in [0.29, 0.717) is 0 Å². The molecule has 1 heterocycles. The first-order valence-corrected chi connectivity index (χ1v) is 10.2. The number of sulfonamides is 1. The van der Waals surface area contributed by atoms with Crippen molar-refractivity contribution in [2.45, 2.75) is 24.8 Å². The van der Waals surface area contributed by atoms with Crippen molar-refractivity contribution in [3.63, 3.8) is 0 Å². The molecule has 2 amide bonds. The summed E-state index contributed by atoms with van der Waals surface area (Å²) in [5.74, 6) is -1.45. The van der Waals surface area contributed by atoms with Gasteiger partial charge in [-0.2, -0.15) is 0 Å². The maximum absolute atomic E-state index is 12.4. The lowest BCUT2D eigenvalue weighted by atomic mass is 10.0. The van der Waals surface area contributed by atoms with Gasteiger partial charge in [0.25, 0.3) is 0 Å². The van der Waals surface area contributed by atoms with Crippen LogP contribution in [-0.4, -0.2) is 64.0 Å². The number of rotatable bonds is 7. The fraction of sp³-hybridized carbons (Fsp3) is 0.389. The van der Waals surface area contributed by atoms with E-state index in [4.69, 9.17) is 9.47 Å². The zero-order valence-electron chi connectivity index (χ0n) is 16.5. The molecule has 11 heteroatoms. The highest BCUT2D eigenvalue weighted by molar-refractivity contribution is 7.89. The van der Waals surface area contributed by atoms with Gasteiger partial charge in [0.1, 0.15) is 6.61 Å². The molecule has 1 aromatic carbocycles. The van der Waals surface area contributed by atoms with Crippen LogP contribution in [-0.2, 0) is 24.3 Å². The molecule has 2 rings (SSSR count). The molecule has 0 radical (unpaired) electrons. The molecule has 1 aliphatic heterocycles. The molecular formula is C18H23N3O7S. The van der Waals surface area contributed by atoms with Gasteiger partial charge < -0.3 is 20.1 Å². The molecule has 0 saturated carbocycles. The van der Waals surface area contributed by atoms with Crippen LogP contribution in [0, 0.1) is 0 Å². The van der Waals surface area contributed by atoms with Crippen LogP contribution in [0.2, 0.25) is 0 Å². The second-order valence-electron chi connectivity index (χ2n) is 6.32. The first-order chi connectivity index (χ1) is 13.6. The summed E-state index contributed by atoms with van der Waals surface area (Å²) < 4.78 is 35.7. The van der Waals surface area contributed by atoms with E-state index >= 15 is 0 Å². The van der Waals surface area contributed by atoms with Crippen molar-refractivity contribution in [3.8, 4) is 0 Å². The summed E-state index contributed by atoms with van der Waals surface area (Å²) in [5, 5.41) is 4.97. The van der Waals surface area contributed by atoms with Crippen LogP contribution in [0.1, 0.15) is 24.2 Å². The minimum atomic E-state index is -3.72. The van der Waals surface area contributed by atoms with Gasteiger partial charge in [0, 0.05) is 14.1 Å². The number of urea groups is 1. The Morgan fingerprint density at radius 2 is 1.86 bits per heavy atom. The van der Waals surface area contributed by atoms with E-state index in [1.807, 2.05) is 0 Å². The minimum Gasteiger partial charge on any atom is -0.463 e. The molecular weight excluding hydrogens is 402 g/mol. The minimum absolute atomic E-state index is 0.0134. The van der Waals surface area contributed by atoms with Gasteiger partial charge in [-0.1, -0.05) is 6.07 Å². The molecule has 29 heavy (non-hydrogen) atoms. The maximum atomic E-state index is 12.4. The molecule has 10 nitrogen and oxygen atoms in total. The third kappa shape index (κ3) is 5.12. The number of hydrogen-bond donors (Lipinski definition) is 2. The van der Waals surface area contributed by atoms with Crippen molar-refractivity contribution in [2.24, 2.45) is 0 Å². The number of carbonyl (C=O) groups excluding carboxylic acids is 3. The molecule has 2 N–H and O–H groups in total. The molecule has 0 unspecified atom stereocenters. The summed E-state index contributed by atoms with van der Waals surface area (Å²) >= 11 is 0. The fourth-order valence-electron chi connectivity index (χ4n) is 2.61. The molecule has 0 spiro atoms. The summed E-state index contributed by atoms with van der Waals surface area (Å²) in [7, 11) is -0.960. The van der Waals surface area contributed by atoms with Crippen molar-refractivity contribution in [2.75, 3.05) is 27.3 Å². The quantitative estimate of drug-likeness (QED) is 0.612. The van der Waals surface area contributed by atoms with Gasteiger partial charge in [-0.15, -0.1) is 0 Å². The van der Waals surface area contributed by atoms with Gasteiger partial charge in [0.05, 0.1) is 34.4 Å². The summed E-state index contributed by atoms with van der Waals surface area (Å²) in [6.45, 7) is 2.99. The van der Waals surface area contributed by atoms with Crippen molar-refractivity contribution < 1.29 is 32.3 Å². The Morgan fingerprint density at radius 3 is 2.48 bits per heavy atom. The molecule has 0 aliphatic carbocycles. The van der Waals surface area contributed by atoms with Crippen LogP contribution in [0.3, 0.4) is 0 Å². The Balaban J connectivity index is 2.23. The van der Waals surface area contributed by atoms with Gasteiger partial charge in [-0.25, -0.2) is 27.1 Å². The topological polar surface area (TPSA) is 131 Å². The van der Waals surface area contributed by atoms with Gasteiger partial charge in [-0.3, -0.25) is 0 Å². The van der Waals surface area contributed by atoms with Crippen LogP contribution in [0.4, 0.5) is 4.79 Å². The molecule has 0 saturated heterocycles. The lowest BCUT2D eigenvalue weighted by molar-refractivity contribution is -0.139. The number of nitrogens with zero attached hydrogens (tertiary/aromatic N) is 1. The van der Waals surface area contributed by atoms with Crippen LogP contribution >= 0.6 is 0 Å². The zero-order valence-corrected chi connectivity index (χ0v) is 17.3. The smallest absolute Gasteiger partial charge is 0.338 e. The summed E-state index contributed by atoms with van der Waals surface area (Å²) in [6, 6.07) is 4.21. The van der Waals surface area contributed by atoms with E-state index in [2.05, 4.69) is 10.6 Å². The van der Waals surface area contributed by atoms with Crippen LogP contribution in [0.15, 0.2) is 40.4 Å². The van der Waals surface area contributed by atoms with Gasteiger partial charge in [0.15, 0.2) is 0 Å². The number of benzene rings is 1.